The minimum Gasteiger partial charge on any atom is -0.381 e. The van der Waals surface area contributed by atoms with Crippen molar-refractivity contribution in [3.05, 3.63) is 63.9 Å². The molecule has 2 rings (SSSR count). The number of halogens is 2. The molecule has 0 aliphatic heterocycles. The molecule has 2 aromatic rings. The van der Waals surface area contributed by atoms with Crippen LogP contribution in [0.3, 0.4) is 0 Å². The molecule has 3 N–H and O–H groups in total. The average molecular weight is 323 g/mol. The molecule has 0 saturated carbocycles. The Morgan fingerprint density at radius 3 is 2.47 bits per heavy atom. The van der Waals surface area contributed by atoms with Crippen LogP contribution in [0, 0.1) is 5.82 Å². The van der Waals surface area contributed by atoms with E-state index in [2.05, 4.69) is 21.2 Å². The fourth-order valence-electron chi connectivity index (χ4n) is 1.61. The Kier molecular flexibility index (Phi) is 4.16. The molecule has 0 saturated heterocycles. The van der Waals surface area contributed by atoms with E-state index < -0.39 is 5.91 Å². The summed E-state index contributed by atoms with van der Waals surface area (Å²) in [6, 6.07) is 11.8. The molecular weight excluding hydrogens is 311 g/mol. The van der Waals surface area contributed by atoms with Gasteiger partial charge in [-0.15, -0.1) is 0 Å². The molecule has 0 aromatic heterocycles. The van der Waals surface area contributed by atoms with Gasteiger partial charge in [-0.05, 0) is 57.9 Å². The van der Waals surface area contributed by atoms with Crippen molar-refractivity contribution in [1.29, 1.82) is 0 Å². The second-order valence-corrected chi connectivity index (χ2v) is 4.90. The number of hydrogen-bond acceptors (Lipinski definition) is 2. The van der Waals surface area contributed by atoms with Crippen LogP contribution in [0.15, 0.2) is 46.9 Å². The maximum Gasteiger partial charge on any atom is 0.248 e. The first-order valence-corrected chi connectivity index (χ1v) is 6.43. The van der Waals surface area contributed by atoms with Gasteiger partial charge in [0.05, 0.1) is 4.47 Å². The molecule has 0 radical (unpaired) electrons. The monoisotopic (exact) mass is 322 g/mol. The number of nitrogens with two attached hydrogens (primary N) is 1. The first-order chi connectivity index (χ1) is 9.06. The normalized spacial score (nSPS) is 10.2. The lowest BCUT2D eigenvalue weighted by atomic mass is 10.2. The van der Waals surface area contributed by atoms with E-state index in [-0.39, 0.29) is 5.82 Å². The topological polar surface area (TPSA) is 55.1 Å². The van der Waals surface area contributed by atoms with Gasteiger partial charge >= 0.3 is 0 Å². The highest BCUT2D eigenvalue weighted by Gasteiger charge is 2.02. The number of benzene rings is 2. The molecular formula is C14H12BrFN2O. The quantitative estimate of drug-likeness (QED) is 0.907. The van der Waals surface area contributed by atoms with Crippen molar-refractivity contribution in [3.8, 4) is 0 Å². The summed E-state index contributed by atoms with van der Waals surface area (Å²) in [6.45, 7) is 0.500. The van der Waals surface area contributed by atoms with Crippen LogP contribution in [0.2, 0.25) is 0 Å². The first kappa shape index (κ1) is 13.5. The molecule has 0 bridgehead atoms. The van der Waals surface area contributed by atoms with Gasteiger partial charge in [0.25, 0.3) is 0 Å². The number of carbonyl (C=O) groups excluding carboxylic acids is 1. The van der Waals surface area contributed by atoms with Crippen LogP contribution in [-0.2, 0) is 6.54 Å². The van der Waals surface area contributed by atoms with Gasteiger partial charge in [0.1, 0.15) is 5.82 Å². The summed E-state index contributed by atoms with van der Waals surface area (Å²) < 4.78 is 13.8. The minimum atomic E-state index is -0.457. The summed E-state index contributed by atoms with van der Waals surface area (Å²) in [6.07, 6.45) is 0. The third kappa shape index (κ3) is 3.54. The summed E-state index contributed by atoms with van der Waals surface area (Å²) >= 11 is 3.11. The van der Waals surface area contributed by atoms with Crippen molar-refractivity contribution in [2.45, 2.75) is 6.54 Å². The molecule has 2 aromatic carbocycles. The van der Waals surface area contributed by atoms with Gasteiger partial charge in [0.15, 0.2) is 0 Å². The molecule has 5 heteroatoms. The molecule has 0 aliphatic carbocycles. The number of rotatable bonds is 4. The maximum atomic E-state index is 13.3. The smallest absolute Gasteiger partial charge is 0.248 e. The van der Waals surface area contributed by atoms with E-state index in [1.807, 2.05) is 6.07 Å². The largest absolute Gasteiger partial charge is 0.381 e. The maximum absolute atomic E-state index is 13.3. The third-order valence-corrected chi connectivity index (χ3v) is 3.29. The minimum absolute atomic E-state index is 0.289. The van der Waals surface area contributed by atoms with Crippen LogP contribution in [-0.4, -0.2) is 5.91 Å². The van der Waals surface area contributed by atoms with E-state index in [9.17, 15) is 9.18 Å². The predicted octanol–water partition coefficient (Wildman–Crippen LogP) is 3.30. The number of nitrogens with one attached hydrogen (secondary N) is 1. The molecule has 0 atom stereocenters. The van der Waals surface area contributed by atoms with Crippen molar-refractivity contribution in [2.24, 2.45) is 5.73 Å². The number of primary amides is 1. The van der Waals surface area contributed by atoms with Crippen molar-refractivity contribution in [2.75, 3.05) is 5.32 Å². The molecule has 19 heavy (non-hydrogen) atoms. The molecule has 0 unspecified atom stereocenters. The summed E-state index contributed by atoms with van der Waals surface area (Å²) in [5.41, 5.74) is 7.29. The van der Waals surface area contributed by atoms with Crippen molar-refractivity contribution in [3.63, 3.8) is 0 Å². The fourth-order valence-corrected chi connectivity index (χ4v) is 1.85. The van der Waals surface area contributed by atoms with Crippen LogP contribution in [0.25, 0.3) is 0 Å². The summed E-state index contributed by atoms with van der Waals surface area (Å²) in [5.74, 6) is -0.745. The van der Waals surface area contributed by atoms with E-state index in [0.29, 0.717) is 16.6 Å². The van der Waals surface area contributed by atoms with E-state index in [0.717, 1.165) is 11.3 Å². The zero-order valence-corrected chi connectivity index (χ0v) is 11.6. The Bertz CT molecular complexity index is 599. The van der Waals surface area contributed by atoms with Crippen LogP contribution >= 0.6 is 15.9 Å². The fraction of sp³-hybridized carbons (Fsp3) is 0.0714. The lowest BCUT2D eigenvalue weighted by molar-refractivity contribution is 0.100. The molecule has 0 aliphatic rings. The van der Waals surface area contributed by atoms with Crippen molar-refractivity contribution in [1.82, 2.24) is 0 Å². The summed E-state index contributed by atoms with van der Waals surface area (Å²) in [4.78, 5) is 10.9. The SMILES string of the molecule is NC(=O)c1ccc(NCc2ccc(Br)c(F)c2)cc1. The van der Waals surface area contributed by atoms with Crippen LogP contribution in [0.5, 0.6) is 0 Å². The van der Waals surface area contributed by atoms with E-state index in [4.69, 9.17) is 5.73 Å². The number of hydrogen-bond donors (Lipinski definition) is 2. The Balaban J connectivity index is 2.01. The highest BCUT2D eigenvalue weighted by atomic mass is 79.9. The zero-order valence-electron chi connectivity index (χ0n) is 9.99. The zero-order chi connectivity index (χ0) is 13.8. The Hall–Kier alpha value is -1.88. The van der Waals surface area contributed by atoms with Crippen LogP contribution < -0.4 is 11.1 Å². The summed E-state index contributed by atoms with van der Waals surface area (Å²) in [5, 5.41) is 3.14. The number of anilines is 1. The van der Waals surface area contributed by atoms with Crippen LogP contribution in [0.1, 0.15) is 15.9 Å². The van der Waals surface area contributed by atoms with Gasteiger partial charge in [-0.3, -0.25) is 4.79 Å². The highest BCUT2D eigenvalue weighted by Crippen LogP contribution is 2.17. The molecule has 3 nitrogen and oxygen atoms in total. The standard InChI is InChI=1S/C14H12BrFN2O/c15-12-6-1-9(7-13(12)16)8-18-11-4-2-10(3-5-11)14(17)19/h1-7,18H,8H2,(H2,17,19). The van der Waals surface area contributed by atoms with E-state index in [1.54, 1.807) is 30.3 Å². The Morgan fingerprint density at radius 1 is 1.21 bits per heavy atom. The lowest BCUT2D eigenvalue weighted by Gasteiger charge is -2.07. The van der Waals surface area contributed by atoms with Gasteiger partial charge in [-0.2, -0.15) is 0 Å². The second kappa shape index (κ2) is 5.84. The Morgan fingerprint density at radius 2 is 1.89 bits per heavy atom. The molecule has 0 fully saturated rings. The van der Waals surface area contributed by atoms with E-state index >= 15 is 0 Å². The molecule has 0 heterocycles. The van der Waals surface area contributed by atoms with Gasteiger partial charge < -0.3 is 11.1 Å². The van der Waals surface area contributed by atoms with Crippen LogP contribution in [0.4, 0.5) is 10.1 Å². The van der Waals surface area contributed by atoms with Gasteiger partial charge in [-0.25, -0.2) is 4.39 Å². The third-order valence-electron chi connectivity index (χ3n) is 2.65. The lowest BCUT2D eigenvalue weighted by Crippen LogP contribution is -2.10. The van der Waals surface area contributed by atoms with E-state index in [1.165, 1.54) is 6.07 Å². The number of amides is 1. The Labute approximate surface area is 118 Å². The van der Waals surface area contributed by atoms with Crippen molar-refractivity contribution >= 4 is 27.5 Å². The van der Waals surface area contributed by atoms with Gasteiger partial charge in [0, 0.05) is 17.8 Å². The highest BCUT2D eigenvalue weighted by molar-refractivity contribution is 9.10. The first-order valence-electron chi connectivity index (χ1n) is 5.64. The molecule has 1 amide bonds. The predicted molar refractivity (Wildman–Crippen MR) is 76.4 cm³/mol. The van der Waals surface area contributed by atoms with Gasteiger partial charge in [-0.1, -0.05) is 6.07 Å². The second-order valence-electron chi connectivity index (χ2n) is 4.04. The average Bonchev–Trinajstić information content (AvgIpc) is 2.40. The number of carbonyl (C=O) groups is 1. The van der Waals surface area contributed by atoms with Crippen molar-refractivity contribution < 1.29 is 9.18 Å². The molecule has 0 spiro atoms. The van der Waals surface area contributed by atoms with Gasteiger partial charge in [0.2, 0.25) is 5.91 Å². The molecule has 98 valence electrons. The summed E-state index contributed by atoms with van der Waals surface area (Å²) in [7, 11) is 0.